The van der Waals surface area contributed by atoms with E-state index in [9.17, 15) is 14.9 Å². The Kier molecular flexibility index (Phi) is 8.43. The Morgan fingerprint density at radius 1 is 1.12 bits per heavy atom. The molecule has 212 valence electrons. The minimum Gasteiger partial charge on any atom is -0.493 e. The van der Waals surface area contributed by atoms with Crippen LogP contribution in [0.2, 0.25) is 0 Å². The molecule has 2 heterocycles. The second-order valence-corrected chi connectivity index (χ2v) is 11.5. The maximum Gasteiger partial charge on any atom is 0.234 e. The van der Waals surface area contributed by atoms with Crippen LogP contribution in [0.25, 0.3) is 0 Å². The number of hydrogen-bond donors (Lipinski definition) is 2. The molecule has 2 aromatic carbocycles. The van der Waals surface area contributed by atoms with E-state index >= 15 is 0 Å². The number of aromatic nitrogens is 2. The molecule has 1 aliphatic heterocycles. The van der Waals surface area contributed by atoms with Crippen LogP contribution in [-0.4, -0.2) is 41.9 Å². The number of carbonyl (C=O) groups excluding carboxylic acids is 2. The van der Waals surface area contributed by atoms with E-state index in [2.05, 4.69) is 21.6 Å². The van der Waals surface area contributed by atoms with Crippen LogP contribution in [0.15, 0.2) is 69.5 Å². The third-order valence-corrected chi connectivity index (χ3v) is 8.91. The van der Waals surface area contributed by atoms with Gasteiger partial charge in [0.05, 0.1) is 49.2 Å². The number of benzene rings is 2. The molecule has 2 aliphatic rings. The maximum atomic E-state index is 13.4. The first-order valence-electron chi connectivity index (χ1n) is 12.8. The Morgan fingerprint density at radius 3 is 2.57 bits per heavy atom. The van der Waals surface area contributed by atoms with Crippen molar-refractivity contribution in [1.29, 1.82) is 10.5 Å². The fourth-order valence-electron chi connectivity index (χ4n) is 4.97. The highest BCUT2D eigenvalue weighted by Crippen LogP contribution is 2.48. The van der Waals surface area contributed by atoms with Crippen LogP contribution < -0.4 is 25.4 Å². The van der Waals surface area contributed by atoms with E-state index in [-0.39, 0.29) is 28.8 Å². The molecule has 5 rings (SSSR count). The van der Waals surface area contributed by atoms with Crippen molar-refractivity contribution < 1.29 is 19.1 Å². The zero-order chi connectivity index (χ0) is 29.8. The van der Waals surface area contributed by atoms with Gasteiger partial charge in [-0.2, -0.15) is 10.5 Å². The van der Waals surface area contributed by atoms with Gasteiger partial charge in [0.2, 0.25) is 11.0 Å². The minimum atomic E-state index is -0.665. The molecule has 0 saturated heterocycles. The van der Waals surface area contributed by atoms with Gasteiger partial charge in [0, 0.05) is 23.4 Å². The highest BCUT2D eigenvalue weighted by Gasteiger charge is 2.41. The molecule has 1 aliphatic carbocycles. The van der Waals surface area contributed by atoms with Gasteiger partial charge < -0.3 is 20.5 Å². The summed E-state index contributed by atoms with van der Waals surface area (Å²) in [5, 5.41) is 30.9. The molecule has 0 saturated carbocycles. The lowest BCUT2D eigenvalue weighted by Crippen LogP contribution is -2.38. The molecule has 0 bridgehead atoms. The predicted octanol–water partition coefficient (Wildman–Crippen LogP) is 4.46. The largest absolute Gasteiger partial charge is 0.493 e. The van der Waals surface area contributed by atoms with E-state index in [0.717, 1.165) is 0 Å². The second-order valence-electron chi connectivity index (χ2n) is 9.31. The molecular formula is C29H25N7O4S2. The average molecular weight is 600 g/mol. The third kappa shape index (κ3) is 5.52. The topological polar surface area (TPSA) is 167 Å². The highest BCUT2D eigenvalue weighted by molar-refractivity contribution is 8.01. The fraction of sp³-hybridized carbons (Fsp3) is 0.241. The molecule has 0 fully saturated rings. The van der Waals surface area contributed by atoms with Crippen molar-refractivity contribution in [2.24, 2.45) is 5.73 Å². The highest BCUT2D eigenvalue weighted by atomic mass is 32.2. The molecule has 0 radical (unpaired) electrons. The summed E-state index contributed by atoms with van der Waals surface area (Å²) in [6, 6.07) is 16.2. The standard InChI is InChI=1S/C29H25N7O4S2/c1-39-22-11-8-17(12-23(22)40-2)25-19(14-31)27(32)36(20-4-3-5-21(37)26(20)25)28-34-35-29(42-28)41-15-24(38)33-18-9-6-16(13-30)7-10-18/h6-12,25H,3-5,15,32H2,1-2H3,(H,33,38). The van der Waals surface area contributed by atoms with Gasteiger partial charge in [0.15, 0.2) is 21.6 Å². The van der Waals surface area contributed by atoms with Gasteiger partial charge in [-0.15, -0.1) is 10.2 Å². The lowest BCUT2D eigenvalue weighted by molar-refractivity contribution is -0.116. The van der Waals surface area contributed by atoms with Crippen LogP contribution in [0.4, 0.5) is 10.8 Å². The summed E-state index contributed by atoms with van der Waals surface area (Å²) in [6.45, 7) is 0. The minimum absolute atomic E-state index is 0.0557. The van der Waals surface area contributed by atoms with Gasteiger partial charge in [0.25, 0.3) is 0 Å². The normalized spacial score (nSPS) is 16.4. The molecule has 1 amide bonds. The van der Waals surface area contributed by atoms with E-state index in [4.69, 9.17) is 20.5 Å². The Balaban J connectivity index is 1.42. The number of ether oxygens (including phenoxy) is 2. The lowest BCUT2D eigenvalue weighted by atomic mass is 9.75. The number of nitrogens with zero attached hydrogens (tertiary/aromatic N) is 5. The second kappa shape index (κ2) is 12.3. The number of hydrogen-bond acceptors (Lipinski definition) is 12. The number of rotatable bonds is 8. The van der Waals surface area contributed by atoms with Gasteiger partial charge in [-0.1, -0.05) is 29.2 Å². The third-order valence-electron chi connectivity index (χ3n) is 6.87. The van der Waals surface area contributed by atoms with E-state index in [1.807, 2.05) is 6.07 Å². The first kappa shape index (κ1) is 28.7. The summed E-state index contributed by atoms with van der Waals surface area (Å²) in [5.74, 6) is 0.303. The number of nitrogens with two attached hydrogens (primary N) is 1. The number of ketones is 1. The summed E-state index contributed by atoms with van der Waals surface area (Å²) < 4.78 is 11.4. The van der Waals surface area contributed by atoms with Gasteiger partial charge >= 0.3 is 0 Å². The molecule has 11 nitrogen and oxygen atoms in total. The summed E-state index contributed by atoms with van der Waals surface area (Å²) in [5.41, 5.74) is 9.83. The van der Waals surface area contributed by atoms with Crippen LogP contribution >= 0.6 is 23.1 Å². The zero-order valence-electron chi connectivity index (χ0n) is 22.7. The van der Waals surface area contributed by atoms with E-state index in [0.29, 0.717) is 68.3 Å². The van der Waals surface area contributed by atoms with Crippen LogP contribution in [0.1, 0.15) is 36.3 Å². The van der Waals surface area contributed by atoms with Crippen molar-refractivity contribution in [3.05, 3.63) is 76.3 Å². The molecule has 1 aromatic heterocycles. The Morgan fingerprint density at radius 2 is 1.88 bits per heavy atom. The number of nitriles is 2. The van der Waals surface area contributed by atoms with E-state index in [1.54, 1.807) is 47.4 Å². The Bertz CT molecular complexity index is 1700. The van der Waals surface area contributed by atoms with Crippen LogP contribution in [0, 0.1) is 22.7 Å². The number of thioether (sulfide) groups is 1. The van der Waals surface area contributed by atoms with Crippen LogP contribution in [0.5, 0.6) is 11.5 Å². The molecule has 42 heavy (non-hydrogen) atoms. The van der Waals surface area contributed by atoms with E-state index in [1.165, 1.54) is 37.3 Å². The number of Topliss-reactive ketones (excluding diaryl/α,β-unsaturated/α-hetero) is 1. The number of nitrogens with one attached hydrogen (secondary N) is 1. The Labute approximate surface area is 250 Å². The van der Waals surface area contributed by atoms with Crippen LogP contribution in [0.3, 0.4) is 0 Å². The van der Waals surface area contributed by atoms with Crippen molar-refractivity contribution >= 4 is 45.6 Å². The molecule has 1 unspecified atom stereocenters. The average Bonchev–Trinajstić information content (AvgIpc) is 3.48. The van der Waals surface area contributed by atoms with Gasteiger partial charge in [-0.3, -0.25) is 14.5 Å². The fourth-order valence-corrected chi connectivity index (χ4v) is 6.65. The molecule has 0 spiro atoms. The SMILES string of the molecule is COc1ccc(C2C(C#N)=C(N)N(c3nnc(SCC(=O)Nc4ccc(C#N)cc4)s3)C3=C2C(=O)CCC3)cc1OC. The predicted molar refractivity (Wildman–Crippen MR) is 158 cm³/mol. The number of anilines is 2. The van der Waals surface area contributed by atoms with Gasteiger partial charge in [-0.25, -0.2) is 0 Å². The number of methoxy groups -OCH3 is 2. The quantitative estimate of drug-likeness (QED) is 0.351. The first-order chi connectivity index (χ1) is 20.4. The van der Waals surface area contributed by atoms with Crippen molar-refractivity contribution in [1.82, 2.24) is 10.2 Å². The van der Waals surface area contributed by atoms with Crippen molar-refractivity contribution in [2.75, 3.05) is 30.2 Å². The van der Waals surface area contributed by atoms with Gasteiger partial charge in [0.1, 0.15) is 5.82 Å². The zero-order valence-corrected chi connectivity index (χ0v) is 24.3. The smallest absolute Gasteiger partial charge is 0.234 e. The molecule has 13 heteroatoms. The maximum absolute atomic E-state index is 13.4. The lowest BCUT2D eigenvalue weighted by Gasteiger charge is -2.38. The monoisotopic (exact) mass is 599 g/mol. The van der Waals surface area contributed by atoms with Crippen molar-refractivity contribution in [2.45, 2.75) is 29.5 Å². The summed E-state index contributed by atoms with van der Waals surface area (Å²) >= 11 is 2.43. The molecule has 3 aromatic rings. The molecule has 1 atom stereocenters. The molecular weight excluding hydrogens is 574 g/mol. The number of amides is 1. The number of carbonyl (C=O) groups is 2. The summed E-state index contributed by atoms with van der Waals surface area (Å²) in [7, 11) is 3.06. The Hall–Kier alpha value is -4.85. The van der Waals surface area contributed by atoms with E-state index < -0.39 is 5.92 Å². The van der Waals surface area contributed by atoms with Crippen molar-refractivity contribution in [3.63, 3.8) is 0 Å². The number of allylic oxidation sites excluding steroid dienone is 3. The molecule has 3 N–H and O–H groups in total. The van der Waals surface area contributed by atoms with Gasteiger partial charge in [-0.05, 0) is 54.8 Å². The summed E-state index contributed by atoms with van der Waals surface area (Å²) in [4.78, 5) is 27.5. The first-order valence-corrected chi connectivity index (χ1v) is 14.6. The summed E-state index contributed by atoms with van der Waals surface area (Å²) in [6.07, 6.45) is 1.57. The van der Waals surface area contributed by atoms with Crippen molar-refractivity contribution in [3.8, 4) is 23.6 Å². The van der Waals surface area contributed by atoms with Crippen LogP contribution in [-0.2, 0) is 9.59 Å².